The lowest BCUT2D eigenvalue weighted by Crippen LogP contribution is -2.31. The Morgan fingerprint density at radius 2 is 1.41 bits per heavy atom. The molecule has 8 heteroatoms. The highest BCUT2D eigenvalue weighted by molar-refractivity contribution is 7.90. The van der Waals surface area contributed by atoms with Crippen molar-refractivity contribution in [3.63, 3.8) is 0 Å². The number of furan rings is 1. The number of rotatable bonds is 6. The molecule has 0 spiro atoms. The standard InChI is InChI=1S/C24H27NO5S2/c1-19-10-15-24(30-19)23-9-5-4-8-20(23)18-31(26,27)21-11-13-22(14-12-21)32(28,29)25-16-6-2-3-7-17-25/h4-5,8-15H,2-3,6-7,16-18H2,1H3. The zero-order valence-corrected chi connectivity index (χ0v) is 19.7. The summed E-state index contributed by atoms with van der Waals surface area (Å²) in [6.07, 6.45) is 3.76. The highest BCUT2D eigenvalue weighted by Crippen LogP contribution is 2.29. The van der Waals surface area contributed by atoms with E-state index in [1.54, 1.807) is 12.1 Å². The molecule has 6 nitrogen and oxygen atoms in total. The minimum atomic E-state index is -3.68. The Labute approximate surface area is 189 Å². The lowest BCUT2D eigenvalue weighted by molar-refractivity contribution is 0.423. The molecule has 2 heterocycles. The third kappa shape index (κ3) is 4.82. The molecule has 0 bridgehead atoms. The van der Waals surface area contributed by atoms with Crippen LogP contribution in [-0.2, 0) is 25.6 Å². The van der Waals surface area contributed by atoms with Crippen molar-refractivity contribution in [3.8, 4) is 11.3 Å². The maximum Gasteiger partial charge on any atom is 0.243 e. The van der Waals surface area contributed by atoms with Crippen LogP contribution in [0.1, 0.15) is 37.0 Å². The maximum absolute atomic E-state index is 13.1. The number of hydrogen-bond acceptors (Lipinski definition) is 5. The summed E-state index contributed by atoms with van der Waals surface area (Å²) in [5.41, 5.74) is 1.35. The Bertz CT molecular complexity index is 1280. The van der Waals surface area contributed by atoms with E-state index in [-0.39, 0.29) is 15.5 Å². The largest absolute Gasteiger partial charge is 0.461 e. The normalized spacial score (nSPS) is 16.0. The summed E-state index contributed by atoms with van der Waals surface area (Å²) < 4.78 is 59.3. The van der Waals surface area contributed by atoms with Gasteiger partial charge in [-0.25, -0.2) is 16.8 Å². The average Bonchev–Trinajstić information content (AvgIpc) is 3.02. The smallest absolute Gasteiger partial charge is 0.243 e. The summed E-state index contributed by atoms with van der Waals surface area (Å²) in [5, 5.41) is 0. The number of benzene rings is 2. The van der Waals surface area contributed by atoms with E-state index in [4.69, 9.17) is 4.42 Å². The highest BCUT2D eigenvalue weighted by atomic mass is 32.2. The van der Waals surface area contributed by atoms with E-state index >= 15 is 0 Å². The van der Waals surface area contributed by atoms with Gasteiger partial charge < -0.3 is 4.42 Å². The first-order valence-corrected chi connectivity index (χ1v) is 13.8. The zero-order chi connectivity index (χ0) is 22.8. The zero-order valence-electron chi connectivity index (χ0n) is 18.0. The van der Waals surface area contributed by atoms with Crippen molar-refractivity contribution in [2.24, 2.45) is 0 Å². The van der Waals surface area contributed by atoms with Crippen LogP contribution in [0.25, 0.3) is 11.3 Å². The molecule has 0 N–H and O–H groups in total. The molecule has 0 radical (unpaired) electrons. The van der Waals surface area contributed by atoms with Crippen molar-refractivity contribution in [1.82, 2.24) is 4.31 Å². The number of aryl methyl sites for hydroxylation is 1. The molecular weight excluding hydrogens is 446 g/mol. The lowest BCUT2D eigenvalue weighted by atomic mass is 10.1. The summed E-state index contributed by atoms with van der Waals surface area (Å²) in [6, 6.07) is 16.5. The summed E-state index contributed by atoms with van der Waals surface area (Å²) in [7, 11) is -7.30. The van der Waals surface area contributed by atoms with Gasteiger partial charge in [0.1, 0.15) is 11.5 Å². The lowest BCUT2D eigenvalue weighted by Gasteiger charge is -2.20. The molecular formula is C24H27NO5S2. The van der Waals surface area contributed by atoms with Gasteiger partial charge in [0.25, 0.3) is 0 Å². The molecule has 3 aromatic rings. The fourth-order valence-electron chi connectivity index (χ4n) is 4.00. The second kappa shape index (κ2) is 9.21. The van der Waals surface area contributed by atoms with E-state index in [0.717, 1.165) is 37.0 Å². The first-order valence-electron chi connectivity index (χ1n) is 10.7. The predicted octanol–water partition coefficient (Wildman–Crippen LogP) is 4.79. The summed E-state index contributed by atoms with van der Waals surface area (Å²) >= 11 is 0. The van der Waals surface area contributed by atoms with Gasteiger partial charge >= 0.3 is 0 Å². The Morgan fingerprint density at radius 1 is 0.781 bits per heavy atom. The SMILES string of the molecule is Cc1ccc(-c2ccccc2CS(=O)(=O)c2ccc(S(=O)(=O)N3CCCCCC3)cc2)o1. The number of sulfone groups is 1. The van der Waals surface area contributed by atoms with Gasteiger partial charge in [-0.05, 0) is 61.7 Å². The van der Waals surface area contributed by atoms with Crippen LogP contribution in [0.5, 0.6) is 0 Å². The molecule has 1 saturated heterocycles. The van der Waals surface area contributed by atoms with E-state index in [9.17, 15) is 16.8 Å². The van der Waals surface area contributed by atoms with E-state index in [1.807, 2.05) is 31.2 Å². The van der Waals surface area contributed by atoms with E-state index < -0.39 is 19.9 Å². The molecule has 1 fully saturated rings. The summed E-state index contributed by atoms with van der Waals surface area (Å²) in [6.45, 7) is 2.85. The van der Waals surface area contributed by atoms with E-state index in [0.29, 0.717) is 24.4 Å². The van der Waals surface area contributed by atoms with Gasteiger partial charge in [0.05, 0.1) is 15.5 Å². The van der Waals surface area contributed by atoms with Crippen LogP contribution in [0.15, 0.2) is 74.9 Å². The van der Waals surface area contributed by atoms with Crippen molar-refractivity contribution in [3.05, 3.63) is 72.0 Å². The maximum atomic E-state index is 13.1. The molecule has 2 aromatic carbocycles. The minimum absolute atomic E-state index is 0.0951. The minimum Gasteiger partial charge on any atom is -0.461 e. The third-order valence-corrected chi connectivity index (χ3v) is 9.35. The molecule has 0 saturated carbocycles. The van der Waals surface area contributed by atoms with Gasteiger partial charge in [0, 0.05) is 18.7 Å². The van der Waals surface area contributed by atoms with Crippen molar-refractivity contribution in [1.29, 1.82) is 0 Å². The predicted molar refractivity (Wildman–Crippen MR) is 123 cm³/mol. The molecule has 4 rings (SSSR count). The van der Waals surface area contributed by atoms with Gasteiger partial charge in [0.2, 0.25) is 10.0 Å². The van der Waals surface area contributed by atoms with Gasteiger partial charge in [-0.2, -0.15) is 4.31 Å². The Morgan fingerprint density at radius 3 is 2.03 bits per heavy atom. The third-order valence-electron chi connectivity index (χ3n) is 5.75. The quantitative estimate of drug-likeness (QED) is 0.514. The molecule has 1 aliphatic heterocycles. The number of sulfonamides is 1. The fraction of sp³-hybridized carbons (Fsp3) is 0.333. The first kappa shape index (κ1) is 22.8. The summed E-state index contributed by atoms with van der Waals surface area (Å²) in [4.78, 5) is 0.225. The molecule has 1 aliphatic rings. The van der Waals surface area contributed by atoms with Crippen molar-refractivity contribution >= 4 is 19.9 Å². The van der Waals surface area contributed by atoms with Crippen molar-refractivity contribution < 1.29 is 21.3 Å². The second-order valence-electron chi connectivity index (χ2n) is 8.12. The molecule has 0 amide bonds. The molecule has 1 aromatic heterocycles. The molecule has 32 heavy (non-hydrogen) atoms. The van der Waals surface area contributed by atoms with E-state index in [1.165, 1.54) is 28.6 Å². The van der Waals surface area contributed by atoms with Gasteiger partial charge in [-0.3, -0.25) is 0 Å². The Balaban J connectivity index is 1.58. The molecule has 170 valence electrons. The highest BCUT2D eigenvalue weighted by Gasteiger charge is 2.26. The van der Waals surface area contributed by atoms with Gasteiger partial charge in [0.15, 0.2) is 9.84 Å². The van der Waals surface area contributed by atoms with Crippen LogP contribution in [0.2, 0.25) is 0 Å². The monoisotopic (exact) mass is 473 g/mol. The van der Waals surface area contributed by atoms with Crippen molar-refractivity contribution in [2.75, 3.05) is 13.1 Å². The van der Waals surface area contributed by atoms with Crippen LogP contribution in [0, 0.1) is 6.92 Å². The summed E-state index contributed by atoms with van der Waals surface area (Å²) in [5.74, 6) is 1.16. The van der Waals surface area contributed by atoms with Crippen LogP contribution in [-0.4, -0.2) is 34.2 Å². The van der Waals surface area contributed by atoms with Gasteiger partial charge in [-0.1, -0.05) is 37.1 Å². The molecule has 0 unspecified atom stereocenters. The van der Waals surface area contributed by atoms with Crippen LogP contribution in [0.4, 0.5) is 0 Å². The van der Waals surface area contributed by atoms with Gasteiger partial charge in [-0.15, -0.1) is 0 Å². The average molecular weight is 474 g/mol. The Hall–Kier alpha value is -2.42. The first-order chi connectivity index (χ1) is 15.3. The van der Waals surface area contributed by atoms with E-state index in [2.05, 4.69) is 0 Å². The topological polar surface area (TPSA) is 84.7 Å². The van der Waals surface area contributed by atoms with Crippen LogP contribution in [0.3, 0.4) is 0 Å². The number of hydrogen-bond donors (Lipinski definition) is 0. The number of nitrogens with zero attached hydrogens (tertiary/aromatic N) is 1. The fourth-order valence-corrected chi connectivity index (χ4v) is 6.90. The Kier molecular flexibility index (Phi) is 6.55. The molecule has 0 aliphatic carbocycles. The van der Waals surface area contributed by atoms with Crippen molar-refractivity contribution in [2.45, 2.75) is 48.2 Å². The second-order valence-corrected chi connectivity index (χ2v) is 12.0. The van der Waals surface area contributed by atoms with Crippen LogP contribution < -0.4 is 0 Å². The molecule has 0 atom stereocenters. The van der Waals surface area contributed by atoms with Crippen LogP contribution >= 0.6 is 0 Å².